The monoisotopic (exact) mass is 454 g/mol. The Hall–Kier alpha value is -3.42. The average molecular weight is 455 g/mol. The lowest BCUT2D eigenvalue weighted by Crippen LogP contribution is -2.53. The molecule has 7 nitrogen and oxygen atoms in total. The zero-order chi connectivity index (χ0) is 23.8. The third-order valence-electron chi connectivity index (χ3n) is 5.82. The van der Waals surface area contributed by atoms with Crippen molar-refractivity contribution in [3.8, 4) is 0 Å². The first-order chi connectivity index (χ1) is 15.9. The standard InChI is InChI=1S/C25H31FN4O3/c1-3-19-6-4-5-7-22(19)29-25(33)30-14-12-21(13-15-30)28-24(32)23(27-17(2)31)16-18-8-10-20(26)11-9-18/h4-11,21,23H,3,12-16H2,1-2H3,(H,27,31)(H,28,32)(H,29,33). The summed E-state index contributed by atoms with van der Waals surface area (Å²) in [5.41, 5.74) is 2.65. The topological polar surface area (TPSA) is 90.5 Å². The van der Waals surface area contributed by atoms with Crippen molar-refractivity contribution in [2.45, 2.75) is 51.6 Å². The largest absolute Gasteiger partial charge is 0.351 e. The molecule has 33 heavy (non-hydrogen) atoms. The molecular formula is C25H31FN4O3. The van der Waals surface area contributed by atoms with Gasteiger partial charge in [0.25, 0.3) is 0 Å². The van der Waals surface area contributed by atoms with Gasteiger partial charge in [-0.15, -0.1) is 0 Å². The van der Waals surface area contributed by atoms with Crippen LogP contribution in [0.4, 0.5) is 14.9 Å². The average Bonchev–Trinajstić information content (AvgIpc) is 2.80. The fraction of sp³-hybridized carbons (Fsp3) is 0.400. The molecule has 3 N–H and O–H groups in total. The Morgan fingerprint density at radius 2 is 1.73 bits per heavy atom. The van der Waals surface area contributed by atoms with Gasteiger partial charge in [0, 0.05) is 38.2 Å². The van der Waals surface area contributed by atoms with E-state index in [0.717, 1.165) is 23.2 Å². The Labute approximate surface area is 193 Å². The molecule has 1 atom stereocenters. The molecule has 1 heterocycles. The fourth-order valence-electron chi connectivity index (χ4n) is 3.98. The van der Waals surface area contributed by atoms with Crippen molar-refractivity contribution in [1.82, 2.24) is 15.5 Å². The number of nitrogens with one attached hydrogen (secondary N) is 3. The lowest BCUT2D eigenvalue weighted by atomic mass is 10.0. The van der Waals surface area contributed by atoms with Gasteiger partial charge >= 0.3 is 6.03 Å². The summed E-state index contributed by atoms with van der Waals surface area (Å²) in [6.07, 6.45) is 2.34. The summed E-state index contributed by atoms with van der Waals surface area (Å²) in [7, 11) is 0. The van der Waals surface area contributed by atoms with Gasteiger partial charge in [-0.25, -0.2) is 9.18 Å². The van der Waals surface area contributed by atoms with Crippen molar-refractivity contribution in [2.24, 2.45) is 0 Å². The zero-order valence-corrected chi connectivity index (χ0v) is 19.1. The molecule has 0 aliphatic carbocycles. The van der Waals surface area contributed by atoms with Gasteiger partial charge in [0.15, 0.2) is 0 Å². The second-order valence-electron chi connectivity index (χ2n) is 8.29. The summed E-state index contributed by atoms with van der Waals surface area (Å²) in [5, 5.41) is 8.66. The Morgan fingerprint density at radius 1 is 1.06 bits per heavy atom. The maximum atomic E-state index is 13.2. The Kier molecular flexibility index (Phi) is 8.40. The van der Waals surface area contributed by atoms with Crippen LogP contribution in [0.1, 0.15) is 37.8 Å². The number of amides is 4. The molecule has 2 aromatic carbocycles. The number of carbonyl (C=O) groups excluding carboxylic acids is 3. The van der Waals surface area contributed by atoms with Crippen LogP contribution in [-0.2, 0) is 22.4 Å². The maximum absolute atomic E-state index is 13.2. The zero-order valence-electron chi connectivity index (χ0n) is 19.1. The molecule has 2 aromatic rings. The molecule has 0 saturated carbocycles. The highest BCUT2D eigenvalue weighted by atomic mass is 19.1. The number of hydrogen-bond donors (Lipinski definition) is 3. The second kappa shape index (κ2) is 11.4. The van der Waals surface area contributed by atoms with Gasteiger partial charge in [-0.3, -0.25) is 9.59 Å². The van der Waals surface area contributed by atoms with Gasteiger partial charge in [-0.1, -0.05) is 37.3 Å². The van der Waals surface area contributed by atoms with Gasteiger partial charge in [0.05, 0.1) is 0 Å². The molecule has 8 heteroatoms. The van der Waals surface area contributed by atoms with Crippen LogP contribution in [-0.4, -0.2) is 47.9 Å². The van der Waals surface area contributed by atoms with E-state index in [2.05, 4.69) is 16.0 Å². The number of para-hydroxylation sites is 1. The molecule has 176 valence electrons. The quantitative estimate of drug-likeness (QED) is 0.600. The number of anilines is 1. The summed E-state index contributed by atoms with van der Waals surface area (Å²) in [6.45, 7) is 4.45. The Morgan fingerprint density at radius 3 is 2.36 bits per heavy atom. The molecule has 0 bridgehead atoms. The summed E-state index contributed by atoms with van der Waals surface area (Å²) in [6, 6.07) is 12.6. The second-order valence-corrected chi connectivity index (χ2v) is 8.29. The number of nitrogens with zero attached hydrogens (tertiary/aromatic N) is 1. The van der Waals surface area contributed by atoms with Crippen molar-refractivity contribution < 1.29 is 18.8 Å². The molecule has 1 aliphatic rings. The number of aryl methyl sites for hydroxylation is 1. The molecule has 3 rings (SSSR count). The SMILES string of the molecule is CCc1ccccc1NC(=O)N1CCC(NC(=O)C(Cc2ccc(F)cc2)NC(C)=O)CC1. The number of hydrogen-bond acceptors (Lipinski definition) is 3. The summed E-state index contributed by atoms with van der Waals surface area (Å²) in [4.78, 5) is 38.9. The first-order valence-electron chi connectivity index (χ1n) is 11.3. The molecular weight excluding hydrogens is 423 g/mol. The first-order valence-corrected chi connectivity index (χ1v) is 11.3. The highest BCUT2D eigenvalue weighted by Crippen LogP contribution is 2.18. The number of halogens is 1. The Bertz CT molecular complexity index is 972. The van der Waals surface area contributed by atoms with Crippen LogP contribution in [0.15, 0.2) is 48.5 Å². The highest BCUT2D eigenvalue weighted by molar-refractivity contribution is 5.90. The van der Waals surface area contributed by atoms with Crippen LogP contribution in [0.2, 0.25) is 0 Å². The van der Waals surface area contributed by atoms with Crippen molar-refractivity contribution in [2.75, 3.05) is 18.4 Å². The van der Waals surface area contributed by atoms with E-state index in [1.54, 1.807) is 17.0 Å². The highest BCUT2D eigenvalue weighted by Gasteiger charge is 2.27. The van der Waals surface area contributed by atoms with Gasteiger partial charge < -0.3 is 20.9 Å². The molecule has 1 fully saturated rings. The molecule has 1 unspecified atom stereocenters. The van der Waals surface area contributed by atoms with E-state index >= 15 is 0 Å². The van der Waals surface area contributed by atoms with E-state index < -0.39 is 6.04 Å². The molecule has 1 saturated heterocycles. The molecule has 0 aromatic heterocycles. The van der Waals surface area contributed by atoms with Crippen molar-refractivity contribution in [1.29, 1.82) is 0 Å². The van der Waals surface area contributed by atoms with Crippen LogP contribution in [0.5, 0.6) is 0 Å². The van der Waals surface area contributed by atoms with Gasteiger partial charge in [0.2, 0.25) is 11.8 Å². The third kappa shape index (κ3) is 7.03. The number of likely N-dealkylation sites (tertiary alicyclic amines) is 1. The van der Waals surface area contributed by atoms with Crippen molar-refractivity contribution in [3.05, 3.63) is 65.5 Å². The number of benzene rings is 2. The summed E-state index contributed by atoms with van der Waals surface area (Å²) in [5.74, 6) is -0.946. The van der Waals surface area contributed by atoms with E-state index in [4.69, 9.17) is 0 Å². The number of carbonyl (C=O) groups is 3. The lowest BCUT2D eigenvalue weighted by Gasteiger charge is -2.33. The van der Waals surface area contributed by atoms with E-state index in [9.17, 15) is 18.8 Å². The van der Waals surface area contributed by atoms with E-state index in [0.29, 0.717) is 25.9 Å². The Balaban J connectivity index is 1.52. The summed E-state index contributed by atoms with van der Waals surface area (Å²) < 4.78 is 13.2. The molecule has 0 spiro atoms. The smallest absolute Gasteiger partial charge is 0.321 e. The molecule has 0 radical (unpaired) electrons. The number of urea groups is 1. The van der Waals surface area contributed by atoms with Crippen LogP contribution in [0.25, 0.3) is 0 Å². The van der Waals surface area contributed by atoms with Crippen molar-refractivity contribution in [3.63, 3.8) is 0 Å². The van der Waals surface area contributed by atoms with Gasteiger partial charge in [-0.2, -0.15) is 0 Å². The predicted molar refractivity (Wildman–Crippen MR) is 125 cm³/mol. The minimum atomic E-state index is -0.750. The van der Waals surface area contributed by atoms with E-state index in [-0.39, 0.29) is 36.1 Å². The first kappa shape index (κ1) is 24.2. The van der Waals surface area contributed by atoms with Crippen LogP contribution in [0, 0.1) is 5.82 Å². The predicted octanol–water partition coefficient (Wildman–Crippen LogP) is 3.25. The minimum Gasteiger partial charge on any atom is -0.351 e. The normalized spacial score (nSPS) is 14.9. The maximum Gasteiger partial charge on any atom is 0.321 e. The van der Waals surface area contributed by atoms with E-state index in [1.807, 2.05) is 31.2 Å². The number of piperidine rings is 1. The van der Waals surface area contributed by atoms with Crippen LogP contribution >= 0.6 is 0 Å². The van der Waals surface area contributed by atoms with Gasteiger partial charge in [0.1, 0.15) is 11.9 Å². The van der Waals surface area contributed by atoms with Crippen molar-refractivity contribution >= 4 is 23.5 Å². The lowest BCUT2D eigenvalue weighted by molar-refractivity contribution is -0.128. The van der Waals surface area contributed by atoms with E-state index in [1.165, 1.54) is 19.1 Å². The number of rotatable bonds is 7. The van der Waals surface area contributed by atoms with Crippen LogP contribution in [0.3, 0.4) is 0 Å². The van der Waals surface area contributed by atoms with Crippen LogP contribution < -0.4 is 16.0 Å². The third-order valence-corrected chi connectivity index (χ3v) is 5.82. The molecule has 4 amide bonds. The van der Waals surface area contributed by atoms with Gasteiger partial charge in [-0.05, 0) is 48.6 Å². The summed E-state index contributed by atoms with van der Waals surface area (Å²) >= 11 is 0. The fourth-order valence-corrected chi connectivity index (χ4v) is 3.98. The minimum absolute atomic E-state index is 0.0889. The molecule has 1 aliphatic heterocycles.